The fourth-order valence-corrected chi connectivity index (χ4v) is 9.63. The highest BCUT2D eigenvalue weighted by molar-refractivity contribution is 5.98. The first kappa shape index (κ1) is 42.7. The smallest absolute Gasteiger partial charge is 0.340 e. The Bertz CT molecular complexity index is 3360. The SMILES string of the molecule is CN(c1ccc(N)cc1)c1ccc2c(c1)Oc1cc(O)ccc1C21OC(=O)c2ccccc21.COCOc1ccc2c(c1)Oc1cc(N(C)c3ccc(N)cc3)ccc1C21OC(=O)c2ccccc21. The number of phenolic OH excluding ortho intramolecular Hbond substituents is 1. The van der Waals surface area contributed by atoms with Crippen LogP contribution < -0.4 is 35.5 Å². The average Bonchev–Trinajstić information content (AvgIpc) is 3.83. The van der Waals surface area contributed by atoms with Crippen LogP contribution >= 0.6 is 0 Å². The lowest BCUT2D eigenvalue weighted by Gasteiger charge is -2.37. The number of hydrogen-bond acceptors (Lipinski definition) is 13. The average molecular weight is 917 g/mol. The Morgan fingerprint density at radius 1 is 0.493 bits per heavy atom. The second-order valence-electron chi connectivity index (χ2n) is 17.0. The van der Waals surface area contributed by atoms with Gasteiger partial charge in [-0.3, -0.25) is 0 Å². The summed E-state index contributed by atoms with van der Waals surface area (Å²) in [7, 11) is 5.49. The number of carbonyl (C=O) groups excluding carboxylic acids is 2. The van der Waals surface area contributed by atoms with Crippen LogP contribution in [0.4, 0.5) is 34.1 Å². The molecule has 2 spiro atoms. The molecular weight excluding hydrogens is 873 g/mol. The van der Waals surface area contributed by atoms with Crippen molar-refractivity contribution in [3.05, 3.63) is 214 Å². The third-order valence-electron chi connectivity index (χ3n) is 13.0. The quantitative estimate of drug-likeness (QED) is 0.0785. The molecule has 13 heteroatoms. The van der Waals surface area contributed by atoms with E-state index in [2.05, 4.69) is 0 Å². The lowest BCUT2D eigenvalue weighted by molar-refractivity contribution is 0.0213. The van der Waals surface area contributed by atoms with Gasteiger partial charge in [0.05, 0.1) is 11.1 Å². The molecule has 8 aromatic rings. The Morgan fingerprint density at radius 3 is 1.38 bits per heavy atom. The van der Waals surface area contributed by atoms with E-state index in [4.69, 9.17) is 39.9 Å². The molecule has 0 aliphatic carbocycles. The predicted molar refractivity (Wildman–Crippen MR) is 261 cm³/mol. The highest BCUT2D eigenvalue weighted by atomic mass is 16.7. The molecule has 2 unspecified atom stereocenters. The number of esters is 2. The summed E-state index contributed by atoms with van der Waals surface area (Å²) in [5.41, 5.74) is 20.0. The van der Waals surface area contributed by atoms with E-state index in [0.717, 1.165) is 50.6 Å². The summed E-state index contributed by atoms with van der Waals surface area (Å²) in [6, 6.07) is 52.2. The van der Waals surface area contributed by atoms with Crippen LogP contribution in [0, 0.1) is 0 Å². The molecule has 4 aliphatic heterocycles. The molecule has 2 atom stereocenters. The number of methoxy groups -OCH3 is 1. The van der Waals surface area contributed by atoms with E-state index in [1.807, 2.05) is 157 Å². The molecule has 4 heterocycles. The number of carbonyl (C=O) groups is 2. The van der Waals surface area contributed by atoms with Gasteiger partial charge in [-0.2, -0.15) is 0 Å². The van der Waals surface area contributed by atoms with Crippen molar-refractivity contribution in [2.45, 2.75) is 11.2 Å². The van der Waals surface area contributed by atoms with Crippen molar-refractivity contribution in [1.29, 1.82) is 0 Å². The number of fused-ring (bicyclic) bond motifs is 12. The van der Waals surface area contributed by atoms with Gasteiger partial charge in [-0.1, -0.05) is 36.4 Å². The number of phenols is 1. The van der Waals surface area contributed by atoms with Gasteiger partial charge in [-0.15, -0.1) is 0 Å². The Hall–Kier alpha value is -8.94. The van der Waals surface area contributed by atoms with Crippen molar-refractivity contribution in [3.63, 3.8) is 0 Å². The molecule has 0 aromatic heterocycles. The normalized spacial score (nSPS) is 17.3. The van der Waals surface area contributed by atoms with Gasteiger partial charge in [-0.05, 0) is 109 Å². The number of aromatic hydroxyl groups is 1. The number of rotatable bonds is 7. The minimum Gasteiger partial charge on any atom is -0.508 e. The first-order valence-corrected chi connectivity index (χ1v) is 22.1. The van der Waals surface area contributed by atoms with Crippen LogP contribution in [0.15, 0.2) is 170 Å². The third kappa shape index (κ3) is 6.89. The highest BCUT2D eigenvalue weighted by Gasteiger charge is 2.55. The van der Waals surface area contributed by atoms with E-state index in [1.165, 1.54) is 0 Å². The van der Waals surface area contributed by atoms with E-state index in [0.29, 0.717) is 56.8 Å². The van der Waals surface area contributed by atoms with Crippen molar-refractivity contribution >= 4 is 46.1 Å². The fourth-order valence-electron chi connectivity index (χ4n) is 9.63. The van der Waals surface area contributed by atoms with Gasteiger partial charge in [0.25, 0.3) is 0 Å². The Labute approximate surface area is 397 Å². The molecule has 0 radical (unpaired) electrons. The molecule has 0 saturated heterocycles. The largest absolute Gasteiger partial charge is 0.508 e. The van der Waals surface area contributed by atoms with E-state index in [9.17, 15) is 14.7 Å². The Kier molecular flexibility index (Phi) is 10.2. The minimum absolute atomic E-state index is 0.0695. The fraction of sp³-hybridized carbons (Fsp3) is 0.107. The Morgan fingerprint density at radius 2 is 0.899 bits per heavy atom. The van der Waals surface area contributed by atoms with Gasteiger partial charge >= 0.3 is 11.9 Å². The van der Waals surface area contributed by atoms with Gasteiger partial charge in [0, 0.05) is 113 Å². The van der Waals surface area contributed by atoms with Crippen LogP contribution in [-0.2, 0) is 25.4 Å². The van der Waals surface area contributed by atoms with E-state index < -0.39 is 11.2 Å². The topological polar surface area (TPSA) is 168 Å². The van der Waals surface area contributed by atoms with Crippen molar-refractivity contribution < 1.29 is 43.1 Å². The zero-order valence-electron chi connectivity index (χ0n) is 37.6. The zero-order chi connectivity index (χ0) is 47.6. The molecule has 4 aliphatic rings. The number of anilines is 6. The number of hydrogen-bond donors (Lipinski definition) is 3. The monoisotopic (exact) mass is 916 g/mol. The summed E-state index contributed by atoms with van der Waals surface area (Å²) in [5.74, 6) is 2.04. The maximum Gasteiger partial charge on any atom is 0.340 e. The molecule has 5 N–H and O–H groups in total. The molecule has 69 heavy (non-hydrogen) atoms. The van der Waals surface area contributed by atoms with Gasteiger partial charge in [0.1, 0.15) is 34.5 Å². The summed E-state index contributed by atoms with van der Waals surface area (Å²) < 4.78 is 35.7. The van der Waals surface area contributed by atoms with Crippen molar-refractivity contribution in [2.24, 2.45) is 0 Å². The molecule has 0 saturated carbocycles. The first-order chi connectivity index (χ1) is 33.5. The second kappa shape index (κ2) is 16.4. The maximum atomic E-state index is 13.0. The van der Waals surface area contributed by atoms with Crippen molar-refractivity contribution in [2.75, 3.05) is 49.3 Å². The van der Waals surface area contributed by atoms with Gasteiger partial charge in [-0.25, -0.2) is 9.59 Å². The van der Waals surface area contributed by atoms with Crippen LogP contribution in [-0.4, -0.2) is 45.0 Å². The lowest BCUT2D eigenvalue weighted by atomic mass is 9.77. The van der Waals surface area contributed by atoms with E-state index >= 15 is 0 Å². The zero-order valence-corrected chi connectivity index (χ0v) is 37.6. The van der Waals surface area contributed by atoms with Crippen molar-refractivity contribution in [1.82, 2.24) is 0 Å². The lowest BCUT2D eigenvalue weighted by Crippen LogP contribution is -2.33. The molecule has 8 aromatic carbocycles. The van der Waals surface area contributed by atoms with Gasteiger partial charge in [0.15, 0.2) is 18.0 Å². The highest BCUT2D eigenvalue weighted by Crippen LogP contribution is 2.59. The van der Waals surface area contributed by atoms with Crippen LogP contribution in [0.5, 0.6) is 34.5 Å². The summed E-state index contributed by atoms with van der Waals surface area (Å²) in [5, 5.41) is 10.1. The van der Waals surface area contributed by atoms with Gasteiger partial charge < -0.3 is 54.8 Å². The summed E-state index contributed by atoms with van der Waals surface area (Å²) in [6.45, 7) is 0.106. The Balaban J connectivity index is 0.000000151. The maximum absolute atomic E-state index is 13.0. The van der Waals surface area contributed by atoms with Crippen molar-refractivity contribution in [3.8, 4) is 34.5 Å². The van der Waals surface area contributed by atoms with Crippen LogP contribution in [0.2, 0.25) is 0 Å². The molecule has 0 fully saturated rings. The van der Waals surface area contributed by atoms with Gasteiger partial charge in [0.2, 0.25) is 0 Å². The number of nitrogens with two attached hydrogens (primary N) is 2. The number of nitrogens with zero attached hydrogens (tertiary/aromatic N) is 2. The number of nitrogen functional groups attached to an aromatic ring is 2. The predicted octanol–water partition coefficient (Wildman–Crippen LogP) is 10.9. The standard InChI is InChI=1S/C29H24N2O5.C27H20N2O4/c1-31(19-9-7-18(30)8-10-19)20-11-13-24-26(15-20)35-27-16-21(34-17-33-2)12-14-25(27)29(24)23-6-4-3-5-22(23)28(32)36-29;1-29(17-8-6-16(28)7-9-17)18-10-12-22-24(14-18)32-25-15-19(30)11-13-23(25)27(22)21-5-3-2-4-20(21)26(31)33-27/h3-16H,17,30H2,1-2H3;2-15,30H,28H2,1H3. The molecule has 13 nitrogen and oxygen atoms in total. The third-order valence-corrected chi connectivity index (χ3v) is 13.0. The second-order valence-corrected chi connectivity index (χ2v) is 17.0. The minimum atomic E-state index is -1.15. The van der Waals surface area contributed by atoms with Crippen LogP contribution in [0.3, 0.4) is 0 Å². The van der Waals surface area contributed by atoms with E-state index in [-0.39, 0.29) is 24.5 Å². The molecule has 0 amide bonds. The molecule has 12 rings (SSSR count). The van der Waals surface area contributed by atoms with Crippen LogP contribution in [0.1, 0.15) is 54.1 Å². The molecule has 0 bridgehead atoms. The molecule has 342 valence electrons. The summed E-state index contributed by atoms with van der Waals surface area (Å²) in [6.07, 6.45) is 0. The number of ether oxygens (including phenoxy) is 6. The van der Waals surface area contributed by atoms with E-state index in [1.54, 1.807) is 43.5 Å². The summed E-state index contributed by atoms with van der Waals surface area (Å²) in [4.78, 5) is 30.0. The molecular formula is C56H44N4O9. The first-order valence-electron chi connectivity index (χ1n) is 22.1. The summed E-state index contributed by atoms with van der Waals surface area (Å²) >= 11 is 0. The van der Waals surface area contributed by atoms with Crippen LogP contribution in [0.25, 0.3) is 0 Å². The number of benzene rings is 8.